The van der Waals surface area contributed by atoms with Crippen molar-refractivity contribution in [3.8, 4) is 0 Å². The summed E-state index contributed by atoms with van der Waals surface area (Å²) >= 11 is 0. The van der Waals surface area contributed by atoms with Gasteiger partial charge in [0.1, 0.15) is 0 Å². The lowest BCUT2D eigenvalue weighted by Gasteiger charge is -2.26. The molecule has 2 aliphatic heterocycles. The summed E-state index contributed by atoms with van der Waals surface area (Å²) in [5, 5.41) is 3.01. The number of aryl methyl sites for hydroxylation is 1. The van der Waals surface area contributed by atoms with Gasteiger partial charge in [-0.1, -0.05) is 31.2 Å². The van der Waals surface area contributed by atoms with Crippen molar-refractivity contribution in [1.82, 2.24) is 4.90 Å². The van der Waals surface area contributed by atoms with E-state index < -0.39 is 0 Å². The van der Waals surface area contributed by atoms with Gasteiger partial charge in [0.25, 0.3) is 0 Å². The van der Waals surface area contributed by atoms with Gasteiger partial charge in [0.2, 0.25) is 11.8 Å². The number of carbonyl (C=O) groups is 2. The van der Waals surface area contributed by atoms with Gasteiger partial charge >= 0.3 is 0 Å². The highest BCUT2D eigenvalue weighted by atomic mass is 16.5. The van der Waals surface area contributed by atoms with E-state index in [0.29, 0.717) is 6.54 Å². The molecule has 2 heterocycles. The highest BCUT2D eigenvalue weighted by molar-refractivity contribution is 6.03. The summed E-state index contributed by atoms with van der Waals surface area (Å²) in [6.07, 6.45) is 1.21. The lowest BCUT2D eigenvalue weighted by Crippen LogP contribution is -2.35. The Morgan fingerprint density at radius 3 is 2.60 bits per heavy atom. The SMILES string of the molecule is CCc1ccc(N2CC(C(=O)Nc3cccc(CN4CCOCC4)c3)CC2=O)cc1. The first kappa shape index (κ1) is 20.6. The van der Waals surface area contributed by atoms with Crippen LogP contribution >= 0.6 is 0 Å². The number of nitrogens with zero attached hydrogens (tertiary/aromatic N) is 2. The van der Waals surface area contributed by atoms with Crippen LogP contribution in [0, 0.1) is 5.92 Å². The van der Waals surface area contributed by atoms with Gasteiger partial charge in [0.15, 0.2) is 0 Å². The summed E-state index contributed by atoms with van der Waals surface area (Å²) in [5.41, 5.74) is 4.04. The molecular formula is C24H29N3O3. The van der Waals surface area contributed by atoms with Crippen molar-refractivity contribution >= 4 is 23.2 Å². The monoisotopic (exact) mass is 407 g/mol. The third-order valence-electron chi connectivity index (χ3n) is 5.86. The minimum atomic E-state index is -0.341. The van der Waals surface area contributed by atoms with Crippen LogP contribution in [0.25, 0.3) is 0 Å². The molecular weight excluding hydrogens is 378 g/mol. The fourth-order valence-corrected chi connectivity index (χ4v) is 4.05. The lowest BCUT2D eigenvalue weighted by atomic mass is 10.1. The molecule has 0 saturated carbocycles. The number of anilines is 2. The molecule has 0 radical (unpaired) electrons. The minimum absolute atomic E-state index is 0.000432. The number of hydrogen-bond acceptors (Lipinski definition) is 4. The van der Waals surface area contributed by atoms with E-state index in [1.807, 2.05) is 42.5 Å². The topological polar surface area (TPSA) is 61.9 Å². The van der Waals surface area contributed by atoms with Crippen LogP contribution in [0.4, 0.5) is 11.4 Å². The molecule has 0 aromatic heterocycles. The molecule has 2 fully saturated rings. The first-order valence-electron chi connectivity index (χ1n) is 10.7. The molecule has 158 valence electrons. The quantitative estimate of drug-likeness (QED) is 0.800. The van der Waals surface area contributed by atoms with Crippen molar-refractivity contribution in [3.63, 3.8) is 0 Å². The molecule has 1 N–H and O–H groups in total. The predicted octanol–water partition coefficient (Wildman–Crippen LogP) is 3.07. The second-order valence-electron chi connectivity index (χ2n) is 8.00. The number of nitrogens with one attached hydrogen (secondary N) is 1. The summed E-state index contributed by atoms with van der Waals surface area (Å²) in [4.78, 5) is 29.4. The maximum Gasteiger partial charge on any atom is 0.229 e. The van der Waals surface area contributed by atoms with Crippen LogP contribution in [0.1, 0.15) is 24.5 Å². The molecule has 0 aliphatic carbocycles. The Balaban J connectivity index is 1.36. The summed E-state index contributed by atoms with van der Waals surface area (Å²) in [5.74, 6) is -0.439. The van der Waals surface area contributed by atoms with E-state index in [0.717, 1.165) is 56.2 Å². The molecule has 30 heavy (non-hydrogen) atoms. The molecule has 0 spiro atoms. The fourth-order valence-electron chi connectivity index (χ4n) is 4.05. The smallest absolute Gasteiger partial charge is 0.229 e. The van der Waals surface area contributed by atoms with Crippen molar-refractivity contribution in [2.45, 2.75) is 26.3 Å². The van der Waals surface area contributed by atoms with E-state index >= 15 is 0 Å². The Kier molecular flexibility index (Phi) is 6.45. The number of hydrogen-bond donors (Lipinski definition) is 1. The number of benzene rings is 2. The third-order valence-corrected chi connectivity index (χ3v) is 5.86. The van der Waals surface area contributed by atoms with E-state index in [2.05, 4.69) is 23.2 Å². The van der Waals surface area contributed by atoms with E-state index in [1.54, 1.807) is 4.90 Å². The van der Waals surface area contributed by atoms with Crippen molar-refractivity contribution < 1.29 is 14.3 Å². The van der Waals surface area contributed by atoms with Gasteiger partial charge in [-0.15, -0.1) is 0 Å². The summed E-state index contributed by atoms with van der Waals surface area (Å²) in [6.45, 7) is 6.76. The van der Waals surface area contributed by atoms with Crippen LogP contribution in [0.2, 0.25) is 0 Å². The van der Waals surface area contributed by atoms with Crippen molar-refractivity contribution in [2.75, 3.05) is 43.1 Å². The van der Waals surface area contributed by atoms with E-state index in [1.165, 1.54) is 5.56 Å². The predicted molar refractivity (Wildman–Crippen MR) is 117 cm³/mol. The average Bonchev–Trinajstić information content (AvgIpc) is 3.16. The lowest BCUT2D eigenvalue weighted by molar-refractivity contribution is -0.122. The van der Waals surface area contributed by atoms with Gasteiger partial charge in [0, 0.05) is 44.0 Å². The molecule has 2 aliphatic rings. The zero-order valence-corrected chi connectivity index (χ0v) is 17.5. The Morgan fingerprint density at radius 1 is 1.10 bits per heavy atom. The normalized spacial score (nSPS) is 19.8. The molecule has 4 rings (SSSR count). The fraction of sp³-hybridized carbons (Fsp3) is 0.417. The third kappa shape index (κ3) is 4.89. The summed E-state index contributed by atoms with van der Waals surface area (Å²) in [7, 11) is 0. The number of rotatable bonds is 6. The van der Waals surface area contributed by atoms with E-state index in [-0.39, 0.29) is 24.2 Å². The second kappa shape index (κ2) is 9.41. The van der Waals surface area contributed by atoms with Crippen LogP contribution in [-0.2, 0) is 27.3 Å². The Labute approximate surface area is 177 Å². The van der Waals surface area contributed by atoms with E-state index in [4.69, 9.17) is 4.74 Å². The van der Waals surface area contributed by atoms with E-state index in [9.17, 15) is 9.59 Å². The molecule has 2 aromatic carbocycles. The van der Waals surface area contributed by atoms with Crippen molar-refractivity contribution in [3.05, 3.63) is 59.7 Å². The van der Waals surface area contributed by atoms with Crippen LogP contribution in [0.15, 0.2) is 48.5 Å². The summed E-state index contributed by atoms with van der Waals surface area (Å²) < 4.78 is 5.40. The number of ether oxygens (including phenoxy) is 1. The zero-order chi connectivity index (χ0) is 20.9. The molecule has 1 unspecified atom stereocenters. The van der Waals surface area contributed by atoms with Gasteiger partial charge < -0.3 is 15.0 Å². The van der Waals surface area contributed by atoms with Crippen LogP contribution in [0.3, 0.4) is 0 Å². The molecule has 2 amide bonds. The molecule has 6 nitrogen and oxygen atoms in total. The standard InChI is InChI=1S/C24H29N3O3/c1-2-18-6-8-22(9-7-18)27-17-20(15-23(27)28)24(29)25-21-5-3-4-19(14-21)16-26-10-12-30-13-11-26/h3-9,14,20H,2,10-13,15-17H2,1H3,(H,25,29). The Morgan fingerprint density at radius 2 is 1.87 bits per heavy atom. The molecule has 2 saturated heterocycles. The largest absolute Gasteiger partial charge is 0.379 e. The Hall–Kier alpha value is -2.70. The highest BCUT2D eigenvalue weighted by Crippen LogP contribution is 2.26. The van der Waals surface area contributed by atoms with Crippen molar-refractivity contribution in [1.29, 1.82) is 0 Å². The first-order valence-corrected chi connectivity index (χ1v) is 10.7. The zero-order valence-electron chi connectivity index (χ0n) is 17.5. The average molecular weight is 408 g/mol. The van der Waals surface area contributed by atoms with Gasteiger partial charge in [-0.25, -0.2) is 0 Å². The van der Waals surface area contributed by atoms with Gasteiger partial charge in [-0.2, -0.15) is 0 Å². The highest BCUT2D eigenvalue weighted by Gasteiger charge is 2.35. The first-order chi connectivity index (χ1) is 14.6. The van der Waals surface area contributed by atoms with Crippen LogP contribution in [-0.4, -0.2) is 49.6 Å². The van der Waals surface area contributed by atoms with Gasteiger partial charge in [0.05, 0.1) is 19.1 Å². The van der Waals surface area contributed by atoms with Crippen molar-refractivity contribution in [2.24, 2.45) is 5.92 Å². The number of amides is 2. The Bertz CT molecular complexity index is 891. The number of carbonyl (C=O) groups excluding carboxylic acids is 2. The molecule has 1 atom stereocenters. The van der Waals surface area contributed by atoms with Crippen LogP contribution < -0.4 is 10.2 Å². The maximum absolute atomic E-state index is 12.8. The second-order valence-corrected chi connectivity index (χ2v) is 8.00. The van der Waals surface area contributed by atoms with Gasteiger partial charge in [-0.3, -0.25) is 14.5 Å². The number of morpholine rings is 1. The summed E-state index contributed by atoms with van der Waals surface area (Å²) in [6, 6.07) is 16.0. The molecule has 0 bridgehead atoms. The molecule has 6 heteroatoms. The molecule has 2 aromatic rings. The van der Waals surface area contributed by atoms with Gasteiger partial charge in [-0.05, 0) is 41.8 Å². The minimum Gasteiger partial charge on any atom is -0.379 e. The maximum atomic E-state index is 12.8. The van der Waals surface area contributed by atoms with Crippen LogP contribution in [0.5, 0.6) is 0 Å².